The first-order chi connectivity index (χ1) is 30.8. The highest BCUT2D eigenvalue weighted by Gasteiger charge is 2.67. The van der Waals surface area contributed by atoms with E-state index < -0.39 is 35.0 Å². The average Bonchev–Trinajstić information content (AvgIpc) is 3.97. The molecule has 4 amide bonds. The number of hydrogen-bond donors (Lipinski definition) is 1. The zero-order chi connectivity index (χ0) is 44.8. The number of likely N-dealkylation sites (tertiary alicyclic amines) is 2. The Kier molecular flexibility index (Phi) is 10.6. The van der Waals surface area contributed by atoms with Crippen LogP contribution in [-0.4, -0.2) is 81.7 Å². The van der Waals surface area contributed by atoms with E-state index in [9.17, 15) is 14.7 Å². The number of benzene rings is 3. The topological polar surface area (TPSA) is 135 Å². The van der Waals surface area contributed by atoms with E-state index in [1.54, 1.807) is 46.2 Å². The molecule has 2 aliphatic carbocycles. The maximum atomic E-state index is 15.3. The molecule has 3 aliphatic heterocycles. The number of ether oxygens (including phenoxy) is 2. The van der Waals surface area contributed by atoms with Gasteiger partial charge in [-0.05, 0) is 97.9 Å². The first-order valence-corrected chi connectivity index (χ1v) is 23.1. The molecule has 5 heterocycles. The molecule has 10 rings (SSSR count). The molecular weight excluding hydrogens is 850 g/mol. The van der Waals surface area contributed by atoms with Gasteiger partial charge in [0.25, 0.3) is 0 Å². The molecule has 1 saturated carbocycles. The summed E-state index contributed by atoms with van der Waals surface area (Å²) < 4.78 is 13.6. The Hall–Kier alpha value is -5.76. The van der Waals surface area contributed by atoms with Gasteiger partial charge >= 0.3 is 0 Å². The minimum absolute atomic E-state index is 0.132. The number of aryl methyl sites for hydroxylation is 2. The number of hydrogen-bond acceptors (Lipinski definition) is 10. The summed E-state index contributed by atoms with van der Waals surface area (Å²) in [6.45, 7) is 6.25. The predicted octanol–water partition coefficient (Wildman–Crippen LogP) is 8.43. The molecule has 5 aromatic rings. The van der Waals surface area contributed by atoms with Crippen LogP contribution in [0.1, 0.15) is 49.3 Å². The van der Waals surface area contributed by atoms with Crippen LogP contribution in [0.3, 0.4) is 0 Å². The third kappa shape index (κ3) is 6.60. The Bertz CT molecular complexity index is 2780. The number of allylic oxidation sites excluding steroid dienone is 3. The quantitative estimate of drug-likeness (QED) is 0.114. The number of thiophene rings is 1. The van der Waals surface area contributed by atoms with E-state index in [0.717, 1.165) is 45.7 Å². The lowest BCUT2D eigenvalue weighted by Crippen LogP contribution is -2.50. The number of aromatic nitrogens is 2. The number of anilines is 1. The van der Waals surface area contributed by atoms with E-state index in [4.69, 9.17) is 26.2 Å². The van der Waals surface area contributed by atoms with Crippen molar-refractivity contribution in [2.75, 3.05) is 32.2 Å². The van der Waals surface area contributed by atoms with Crippen LogP contribution in [0.5, 0.6) is 17.2 Å². The van der Waals surface area contributed by atoms with Gasteiger partial charge in [-0.2, -0.15) is 5.10 Å². The number of aromatic hydroxyl groups is 1. The van der Waals surface area contributed by atoms with Crippen LogP contribution >= 0.6 is 22.9 Å². The Morgan fingerprint density at radius 2 is 1.66 bits per heavy atom. The number of nitrogens with zero attached hydrogens (tertiary/aromatic N) is 5. The largest absolute Gasteiger partial charge is 0.502 e. The van der Waals surface area contributed by atoms with E-state index >= 15 is 9.59 Å². The molecule has 12 nitrogen and oxygen atoms in total. The molecule has 0 spiro atoms. The van der Waals surface area contributed by atoms with Crippen LogP contribution in [0.15, 0.2) is 84.5 Å². The van der Waals surface area contributed by atoms with Gasteiger partial charge in [0.05, 0.1) is 42.3 Å². The normalized spacial score (nSPS) is 26.2. The summed E-state index contributed by atoms with van der Waals surface area (Å²) in [4.78, 5) is 65.8. The molecule has 64 heavy (non-hydrogen) atoms. The molecule has 5 aliphatic rings. The zero-order valence-electron chi connectivity index (χ0n) is 36.4. The summed E-state index contributed by atoms with van der Waals surface area (Å²) in [5.41, 5.74) is 3.16. The number of halogens is 1. The standard InChI is InChI=1S/C50H50ClN5O7S/c1-27-34-23-30(51)12-16-41(34)64-45(27)38-25-42(53(3)52-38)56-47(59)37-24-35-32(36(50(37,2)49(56)61)15-11-29-21-39(62-4)44(57)40(22-29)63-5)13-14-33-43(35)48(60)55(46(33)58)31-17-19-54(20-18-31)26-28-9-7-6-8-10-28/h6-13,15-16,21-23,25,31,33,35-37,43,57H,14,17-20,24,26H2,1-5H3/t33-,35+,36-,37-,43-,50-/m0/s1. The van der Waals surface area contributed by atoms with Gasteiger partial charge in [0.15, 0.2) is 11.5 Å². The molecule has 4 fully saturated rings. The minimum Gasteiger partial charge on any atom is -0.502 e. The molecular formula is C50H50ClN5O7S. The Balaban J connectivity index is 1.00. The third-order valence-corrected chi connectivity index (χ3v) is 16.3. The molecule has 0 unspecified atom stereocenters. The highest BCUT2D eigenvalue weighted by atomic mass is 35.5. The van der Waals surface area contributed by atoms with E-state index in [1.807, 2.05) is 62.4 Å². The van der Waals surface area contributed by atoms with Crippen molar-refractivity contribution in [3.8, 4) is 27.8 Å². The predicted molar refractivity (Wildman–Crippen MR) is 246 cm³/mol. The van der Waals surface area contributed by atoms with Crippen LogP contribution < -0.4 is 14.4 Å². The van der Waals surface area contributed by atoms with Gasteiger partial charge in [-0.1, -0.05) is 65.7 Å². The monoisotopic (exact) mass is 899 g/mol. The van der Waals surface area contributed by atoms with Crippen molar-refractivity contribution in [3.05, 3.63) is 106 Å². The van der Waals surface area contributed by atoms with Gasteiger partial charge in [0.2, 0.25) is 29.4 Å². The van der Waals surface area contributed by atoms with Gasteiger partial charge < -0.3 is 14.6 Å². The summed E-state index contributed by atoms with van der Waals surface area (Å²) in [6, 6.07) is 21.1. The number of carbonyl (C=O) groups excluding carboxylic acids is 4. The van der Waals surface area contributed by atoms with Gasteiger partial charge in [0, 0.05) is 54.4 Å². The van der Waals surface area contributed by atoms with E-state index in [2.05, 4.69) is 23.1 Å². The maximum Gasteiger partial charge on any atom is 0.242 e. The van der Waals surface area contributed by atoms with Crippen molar-refractivity contribution in [2.45, 2.75) is 52.1 Å². The number of carbonyl (C=O) groups is 4. The lowest BCUT2D eigenvalue weighted by atomic mass is 9.52. The number of fused-ring (bicyclic) bond motifs is 5. The second-order valence-corrected chi connectivity index (χ2v) is 19.6. The second-order valence-electron chi connectivity index (χ2n) is 18.1. The number of phenols is 1. The Morgan fingerprint density at radius 1 is 0.938 bits per heavy atom. The Morgan fingerprint density at radius 3 is 2.36 bits per heavy atom. The fraction of sp³-hybridized carbons (Fsp3) is 0.380. The molecule has 6 atom stereocenters. The fourth-order valence-corrected chi connectivity index (χ4v) is 12.7. The maximum absolute atomic E-state index is 15.3. The summed E-state index contributed by atoms with van der Waals surface area (Å²) in [7, 11) is 4.65. The average molecular weight is 900 g/mol. The molecule has 3 saturated heterocycles. The molecule has 2 aromatic heterocycles. The molecule has 3 aromatic carbocycles. The van der Waals surface area contributed by atoms with Crippen LogP contribution in [0.2, 0.25) is 5.02 Å². The van der Waals surface area contributed by atoms with Crippen LogP contribution in [0, 0.1) is 41.9 Å². The van der Waals surface area contributed by atoms with Gasteiger partial charge in [-0.15, -0.1) is 11.3 Å². The number of amides is 4. The smallest absolute Gasteiger partial charge is 0.242 e. The molecule has 14 heteroatoms. The molecule has 330 valence electrons. The summed E-state index contributed by atoms with van der Waals surface area (Å²) in [5.74, 6) is -3.40. The zero-order valence-corrected chi connectivity index (χ0v) is 38.0. The number of rotatable bonds is 9. The van der Waals surface area contributed by atoms with Crippen molar-refractivity contribution >= 4 is 68.5 Å². The highest BCUT2D eigenvalue weighted by Crippen LogP contribution is 2.61. The fourth-order valence-electron chi connectivity index (χ4n) is 11.4. The summed E-state index contributed by atoms with van der Waals surface area (Å²) in [5, 5.41) is 17.2. The summed E-state index contributed by atoms with van der Waals surface area (Å²) >= 11 is 7.94. The van der Waals surface area contributed by atoms with Crippen molar-refractivity contribution in [2.24, 2.45) is 42.1 Å². The van der Waals surface area contributed by atoms with Crippen molar-refractivity contribution < 1.29 is 33.8 Å². The number of imide groups is 2. The number of phenolic OH excluding ortho intramolecular Hbond substituents is 1. The van der Waals surface area contributed by atoms with Crippen LogP contribution in [0.4, 0.5) is 5.82 Å². The Labute approximate surface area is 380 Å². The number of piperidine rings is 1. The first-order valence-electron chi connectivity index (χ1n) is 21.9. The summed E-state index contributed by atoms with van der Waals surface area (Å²) in [6.07, 6.45) is 7.87. The van der Waals surface area contributed by atoms with Crippen LogP contribution in [-0.2, 0) is 32.8 Å². The highest BCUT2D eigenvalue weighted by molar-refractivity contribution is 7.22. The number of methoxy groups -OCH3 is 2. The molecule has 0 bridgehead atoms. The van der Waals surface area contributed by atoms with E-state index in [0.29, 0.717) is 41.4 Å². The van der Waals surface area contributed by atoms with Gasteiger partial charge in [-0.25, -0.2) is 4.90 Å². The second kappa shape index (κ2) is 16.0. The van der Waals surface area contributed by atoms with Gasteiger partial charge in [-0.3, -0.25) is 33.7 Å². The lowest BCUT2D eigenvalue weighted by molar-refractivity contribution is -0.144. The lowest BCUT2D eigenvalue weighted by Gasteiger charge is -2.48. The van der Waals surface area contributed by atoms with Crippen molar-refractivity contribution in [3.63, 3.8) is 0 Å². The SMILES string of the molecule is COc1cc(C=C[C@H]2C3=CC[C@@H]4C(=O)N(C5CCN(Cc6ccccc6)CC5)C(=O)[C@@H]4[C@@H]3C[C@H]3C(=O)N(c4cc(-c5sc6ccc(Cl)cc6c5C)nn4C)C(=O)[C@@]23C)cc(OC)c1O. The third-order valence-electron chi connectivity index (χ3n) is 14.8. The van der Waals surface area contributed by atoms with Crippen molar-refractivity contribution in [1.29, 1.82) is 0 Å². The van der Waals surface area contributed by atoms with E-state index in [-0.39, 0.29) is 53.3 Å². The van der Waals surface area contributed by atoms with Crippen LogP contribution in [0.25, 0.3) is 26.7 Å². The van der Waals surface area contributed by atoms with Gasteiger partial charge in [0.1, 0.15) is 11.5 Å². The molecule has 0 radical (unpaired) electrons. The molecule has 1 N–H and O–H groups in total. The van der Waals surface area contributed by atoms with Crippen molar-refractivity contribution in [1.82, 2.24) is 19.6 Å². The minimum atomic E-state index is -1.25. The first kappa shape index (κ1) is 42.2. The van der Waals surface area contributed by atoms with E-state index in [1.165, 1.54) is 24.7 Å².